The summed E-state index contributed by atoms with van der Waals surface area (Å²) in [5.41, 5.74) is 7.29. The molecule has 3 N–H and O–H groups in total. The van der Waals surface area contributed by atoms with Crippen molar-refractivity contribution in [3.8, 4) is 0 Å². The summed E-state index contributed by atoms with van der Waals surface area (Å²) in [5, 5.41) is 3.40. The number of nitrogens with zero attached hydrogens (tertiary/aromatic N) is 2. The summed E-state index contributed by atoms with van der Waals surface area (Å²) in [7, 11) is 0. The SMILES string of the molecule is Cl.NC1CCn2c(cnc2C2CCNC2)C1. The molecule has 2 atom stereocenters. The van der Waals surface area contributed by atoms with Gasteiger partial charge in [-0.1, -0.05) is 0 Å². The second-order valence-corrected chi connectivity index (χ2v) is 4.70. The number of nitrogens with two attached hydrogens (primary N) is 1. The van der Waals surface area contributed by atoms with Gasteiger partial charge in [0.15, 0.2) is 0 Å². The Morgan fingerprint density at radius 3 is 3.06 bits per heavy atom. The summed E-state index contributed by atoms with van der Waals surface area (Å²) in [6.45, 7) is 3.28. The van der Waals surface area contributed by atoms with Crippen molar-refractivity contribution in [3.63, 3.8) is 0 Å². The van der Waals surface area contributed by atoms with Gasteiger partial charge in [-0.2, -0.15) is 0 Å². The fourth-order valence-electron chi connectivity index (χ4n) is 2.71. The number of aromatic nitrogens is 2. The highest BCUT2D eigenvalue weighted by Crippen LogP contribution is 2.25. The third-order valence-electron chi connectivity index (χ3n) is 3.59. The topological polar surface area (TPSA) is 55.9 Å². The van der Waals surface area contributed by atoms with Gasteiger partial charge < -0.3 is 15.6 Å². The zero-order valence-corrected chi connectivity index (χ0v) is 10.2. The van der Waals surface area contributed by atoms with E-state index in [0.717, 1.165) is 32.5 Å². The molecule has 5 heteroatoms. The van der Waals surface area contributed by atoms with Crippen LogP contribution in [-0.4, -0.2) is 28.7 Å². The average Bonchev–Trinajstić information content (AvgIpc) is 2.82. The zero-order chi connectivity index (χ0) is 10.3. The van der Waals surface area contributed by atoms with Gasteiger partial charge in [-0.15, -0.1) is 12.4 Å². The van der Waals surface area contributed by atoms with Gasteiger partial charge in [0.25, 0.3) is 0 Å². The maximum atomic E-state index is 5.96. The molecule has 0 bridgehead atoms. The molecule has 1 aromatic rings. The van der Waals surface area contributed by atoms with Crippen LogP contribution in [0.1, 0.15) is 30.3 Å². The normalized spacial score (nSPS) is 28.6. The van der Waals surface area contributed by atoms with E-state index < -0.39 is 0 Å². The Morgan fingerprint density at radius 1 is 1.44 bits per heavy atom. The van der Waals surface area contributed by atoms with Crippen LogP contribution in [0.4, 0.5) is 0 Å². The van der Waals surface area contributed by atoms with Gasteiger partial charge in [0.05, 0.1) is 0 Å². The first-order valence-corrected chi connectivity index (χ1v) is 5.85. The van der Waals surface area contributed by atoms with Gasteiger partial charge >= 0.3 is 0 Å². The molecule has 0 aromatic carbocycles. The van der Waals surface area contributed by atoms with Crippen LogP contribution in [0.5, 0.6) is 0 Å². The summed E-state index contributed by atoms with van der Waals surface area (Å²) < 4.78 is 2.39. The Bertz CT molecular complexity index is 357. The number of hydrogen-bond acceptors (Lipinski definition) is 3. The lowest BCUT2D eigenvalue weighted by Crippen LogP contribution is -2.31. The average molecular weight is 243 g/mol. The number of imidazole rings is 1. The van der Waals surface area contributed by atoms with E-state index in [2.05, 4.69) is 14.9 Å². The van der Waals surface area contributed by atoms with Gasteiger partial charge in [-0.3, -0.25) is 0 Å². The largest absolute Gasteiger partial charge is 0.332 e. The number of rotatable bonds is 1. The highest BCUT2D eigenvalue weighted by Gasteiger charge is 2.25. The van der Waals surface area contributed by atoms with Crippen LogP contribution in [0.15, 0.2) is 6.20 Å². The van der Waals surface area contributed by atoms with Crippen molar-refractivity contribution in [2.24, 2.45) is 5.73 Å². The minimum atomic E-state index is 0. The van der Waals surface area contributed by atoms with Crippen LogP contribution in [0.3, 0.4) is 0 Å². The quantitative estimate of drug-likeness (QED) is 0.761. The highest BCUT2D eigenvalue weighted by molar-refractivity contribution is 5.85. The predicted octanol–water partition coefficient (Wildman–Crippen LogP) is 0.655. The number of nitrogens with one attached hydrogen (secondary N) is 1. The van der Waals surface area contributed by atoms with Gasteiger partial charge in [0.1, 0.15) is 5.82 Å². The summed E-state index contributed by atoms with van der Waals surface area (Å²) >= 11 is 0. The molecule has 0 amide bonds. The van der Waals surface area contributed by atoms with Crippen molar-refractivity contribution in [1.82, 2.24) is 14.9 Å². The van der Waals surface area contributed by atoms with Crippen molar-refractivity contribution in [2.75, 3.05) is 13.1 Å². The minimum absolute atomic E-state index is 0. The van der Waals surface area contributed by atoms with Crippen molar-refractivity contribution >= 4 is 12.4 Å². The molecule has 2 aliphatic rings. The number of fused-ring (bicyclic) bond motifs is 1. The molecule has 1 aromatic heterocycles. The van der Waals surface area contributed by atoms with E-state index in [1.807, 2.05) is 6.20 Å². The summed E-state index contributed by atoms with van der Waals surface area (Å²) in [6, 6.07) is 0.337. The fourth-order valence-corrected chi connectivity index (χ4v) is 2.71. The molecular weight excluding hydrogens is 224 g/mol. The minimum Gasteiger partial charge on any atom is -0.332 e. The molecule has 4 nitrogen and oxygen atoms in total. The predicted molar refractivity (Wildman–Crippen MR) is 66.0 cm³/mol. The van der Waals surface area contributed by atoms with Gasteiger partial charge in [-0.05, 0) is 19.4 Å². The molecule has 0 radical (unpaired) electrons. The van der Waals surface area contributed by atoms with E-state index in [9.17, 15) is 0 Å². The molecular formula is C11H19ClN4. The number of halogens is 1. The van der Waals surface area contributed by atoms with Crippen LogP contribution in [0.2, 0.25) is 0 Å². The molecule has 3 heterocycles. The smallest absolute Gasteiger partial charge is 0.113 e. The van der Waals surface area contributed by atoms with E-state index in [1.165, 1.54) is 17.9 Å². The third-order valence-corrected chi connectivity index (χ3v) is 3.59. The standard InChI is InChI=1S/C11H18N4.ClH/c12-9-2-4-15-10(5-9)7-14-11(15)8-1-3-13-6-8;/h7-9,13H,1-6,12H2;1H. The Hall–Kier alpha value is -0.580. The lowest BCUT2D eigenvalue weighted by atomic mass is 10.0. The molecule has 16 heavy (non-hydrogen) atoms. The van der Waals surface area contributed by atoms with Crippen LogP contribution in [-0.2, 0) is 13.0 Å². The first kappa shape index (κ1) is 11.9. The molecule has 0 aliphatic carbocycles. The van der Waals surface area contributed by atoms with Crippen molar-refractivity contribution in [2.45, 2.75) is 37.8 Å². The maximum Gasteiger partial charge on any atom is 0.113 e. The maximum absolute atomic E-state index is 5.96. The van der Waals surface area contributed by atoms with Crippen LogP contribution < -0.4 is 11.1 Å². The molecule has 2 aliphatic heterocycles. The second kappa shape index (κ2) is 4.73. The van der Waals surface area contributed by atoms with Gasteiger partial charge in [0, 0.05) is 43.4 Å². The van der Waals surface area contributed by atoms with Crippen molar-refractivity contribution in [1.29, 1.82) is 0 Å². The van der Waals surface area contributed by atoms with Crippen LogP contribution in [0, 0.1) is 0 Å². The summed E-state index contributed by atoms with van der Waals surface area (Å²) in [6.07, 6.45) is 5.33. The van der Waals surface area contributed by atoms with Gasteiger partial charge in [-0.25, -0.2) is 4.98 Å². The molecule has 2 unspecified atom stereocenters. The monoisotopic (exact) mass is 242 g/mol. The molecule has 90 valence electrons. The Balaban J connectivity index is 0.000000963. The number of hydrogen-bond donors (Lipinski definition) is 2. The molecule has 1 fully saturated rings. The van der Waals surface area contributed by atoms with E-state index in [0.29, 0.717) is 12.0 Å². The van der Waals surface area contributed by atoms with E-state index in [-0.39, 0.29) is 12.4 Å². The van der Waals surface area contributed by atoms with Gasteiger partial charge in [0.2, 0.25) is 0 Å². The molecule has 1 saturated heterocycles. The zero-order valence-electron chi connectivity index (χ0n) is 9.35. The van der Waals surface area contributed by atoms with Crippen LogP contribution >= 0.6 is 12.4 Å². The van der Waals surface area contributed by atoms with E-state index in [4.69, 9.17) is 5.73 Å². The fraction of sp³-hybridized carbons (Fsp3) is 0.727. The third kappa shape index (κ3) is 1.97. The van der Waals surface area contributed by atoms with Crippen molar-refractivity contribution in [3.05, 3.63) is 17.7 Å². The lowest BCUT2D eigenvalue weighted by Gasteiger charge is -2.23. The summed E-state index contributed by atoms with van der Waals surface area (Å²) in [4.78, 5) is 4.58. The van der Waals surface area contributed by atoms with Crippen molar-refractivity contribution < 1.29 is 0 Å². The molecule has 0 saturated carbocycles. The first-order chi connectivity index (χ1) is 7.34. The molecule has 3 rings (SSSR count). The van der Waals surface area contributed by atoms with E-state index >= 15 is 0 Å². The highest BCUT2D eigenvalue weighted by atomic mass is 35.5. The Kier molecular flexibility index (Phi) is 3.52. The Labute approximate surface area is 102 Å². The second-order valence-electron chi connectivity index (χ2n) is 4.70. The lowest BCUT2D eigenvalue weighted by molar-refractivity contribution is 0.451. The Morgan fingerprint density at radius 2 is 2.31 bits per heavy atom. The van der Waals surface area contributed by atoms with Crippen LogP contribution in [0.25, 0.3) is 0 Å². The summed E-state index contributed by atoms with van der Waals surface area (Å²) in [5.74, 6) is 1.90. The first-order valence-electron chi connectivity index (χ1n) is 5.85. The van der Waals surface area contributed by atoms with E-state index in [1.54, 1.807) is 0 Å². The molecule has 0 spiro atoms.